The van der Waals surface area contributed by atoms with Crippen LogP contribution in [0.3, 0.4) is 0 Å². The lowest BCUT2D eigenvalue weighted by atomic mass is 10.1. The van der Waals surface area contributed by atoms with Gasteiger partial charge in [0.1, 0.15) is 29.7 Å². The van der Waals surface area contributed by atoms with Gasteiger partial charge >= 0.3 is 12.1 Å². The highest BCUT2D eigenvalue weighted by Gasteiger charge is 2.56. The van der Waals surface area contributed by atoms with E-state index < -0.39 is 35.7 Å². The Morgan fingerprint density at radius 2 is 1.95 bits per heavy atom. The number of methoxy groups -OCH3 is 1. The molecule has 4 unspecified atom stereocenters. The summed E-state index contributed by atoms with van der Waals surface area (Å²) in [5.74, 6) is 0.740. The number of imide groups is 1. The molecule has 1 saturated carbocycles. The van der Waals surface area contributed by atoms with Gasteiger partial charge in [-0.25, -0.2) is 19.5 Å². The molecule has 3 heterocycles. The van der Waals surface area contributed by atoms with Gasteiger partial charge < -0.3 is 30.2 Å². The zero-order valence-electron chi connectivity index (χ0n) is 24.3. The Bertz CT molecular complexity index is 1630. The molecular weight excluding hydrogens is 564 g/mol. The van der Waals surface area contributed by atoms with Gasteiger partial charge in [-0.1, -0.05) is 42.5 Å². The number of fused-ring (bicyclic) bond motifs is 3. The number of aromatic nitrogens is 2. The maximum atomic E-state index is 13.7. The summed E-state index contributed by atoms with van der Waals surface area (Å²) in [4.78, 5) is 63.6. The van der Waals surface area contributed by atoms with E-state index in [0.717, 1.165) is 23.2 Å². The number of rotatable bonds is 5. The molecule has 2 aliphatic heterocycles. The number of benzene rings is 2. The number of hydrogen-bond acceptors (Lipinski definition) is 8. The average molecular weight is 599 g/mol. The van der Waals surface area contributed by atoms with E-state index in [1.54, 1.807) is 25.3 Å². The number of aldehydes is 1. The quantitative estimate of drug-likeness (QED) is 0.334. The number of hydrogen-bond donors (Lipinski definition) is 2. The summed E-state index contributed by atoms with van der Waals surface area (Å²) in [5, 5.41) is 3.51. The summed E-state index contributed by atoms with van der Waals surface area (Å²) in [6.07, 6.45) is 6.63. The van der Waals surface area contributed by atoms with Crippen LogP contribution in [0.25, 0.3) is 22.3 Å². The first-order valence-electron chi connectivity index (χ1n) is 14.7. The molecule has 1 aromatic heterocycles. The zero-order chi connectivity index (χ0) is 30.8. The van der Waals surface area contributed by atoms with E-state index in [0.29, 0.717) is 41.7 Å². The maximum Gasteiger partial charge on any atom is 0.328 e. The second kappa shape index (κ2) is 11.9. The third-order valence-electron chi connectivity index (χ3n) is 8.48. The number of nitrogens with two attached hydrogens (primary N) is 1. The van der Waals surface area contributed by atoms with Crippen molar-refractivity contribution in [2.45, 2.75) is 49.8 Å². The molecule has 6 rings (SSSR count). The van der Waals surface area contributed by atoms with Gasteiger partial charge in [0.05, 0.1) is 24.6 Å². The fourth-order valence-corrected chi connectivity index (χ4v) is 5.93. The van der Waals surface area contributed by atoms with E-state index in [2.05, 4.69) is 5.32 Å². The van der Waals surface area contributed by atoms with Gasteiger partial charge in [-0.3, -0.25) is 4.79 Å². The van der Waals surface area contributed by atoms with Gasteiger partial charge in [-0.15, -0.1) is 0 Å². The molecule has 12 nitrogen and oxygen atoms in total. The lowest BCUT2D eigenvalue weighted by Gasteiger charge is -2.29. The van der Waals surface area contributed by atoms with Crippen LogP contribution in [-0.4, -0.2) is 81.9 Å². The van der Waals surface area contributed by atoms with Gasteiger partial charge in [0.2, 0.25) is 11.8 Å². The number of urea groups is 2. The third-order valence-corrected chi connectivity index (χ3v) is 8.48. The van der Waals surface area contributed by atoms with E-state index in [4.69, 9.17) is 25.2 Å². The topological polar surface area (TPSA) is 157 Å². The molecule has 3 aromatic rings. The summed E-state index contributed by atoms with van der Waals surface area (Å²) in [5.41, 5.74) is 5.98. The Labute approximate surface area is 254 Å². The Kier molecular flexibility index (Phi) is 7.90. The zero-order valence-corrected chi connectivity index (χ0v) is 24.3. The molecule has 4 atom stereocenters. The van der Waals surface area contributed by atoms with Crippen LogP contribution in [-0.2, 0) is 9.59 Å². The van der Waals surface area contributed by atoms with Gasteiger partial charge in [-0.05, 0) is 37.8 Å². The number of allylic oxidation sites excluding steroid dienone is 1. The minimum Gasteiger partial charge on any atom is -0.497 e. The third kappa shape index (κ3) is 5.67. The van der Waals surface area contributed by atoms with Crippen molar-refractivity contribution in [1.82, 2.24) is 25.1 Å². The van der Waals surface area contributed by atoms with Gasteiger partial charge in [-0.2, -0.15) is 4.98 Å². The van der Waals surface area contributed by atoms with Crippen molar-refractivity contribution < 1.29 is 28.7 Å². The number of ether oxygens (including phenoxy) is 2. The molecule has 0 radical (unpaired) electrons. The number of nitrogens with one attached hydrogen (secondary N) is 1. The van der Waals surface area contributed by atoms with Gasteiger partial charge in [0.15, 0.2) is 5.82 Å². The molecule has 3 aliphatic rings. The van der Waals surface area contributed by atoms with E-state index in [1.807, 2.05) is 42.5 Å². The molecule has 1 saturated heterocycles. The summed E-state index contributed by atoms with van der Waals surface area (Å²) in [6.45, 7) is 0.124. The van der Waals surface area contributed by atoms with E-state index in [-0.39, 0.29) is 31.3 Å². The van der Waals surface area contributed by atoms with Crippen molar-refractivity contribution in [2.75, 3.05) is 20.2 Å². The number of carbonyl (C=O) groups excluding carboxylic acids is 4. The van der Waals surface area contributed by atoms with Crippen LogP contribution in [0.1, 0.15) is 32.1 Å². The summed E-state index contributed by atoms with van der Waals surface area (Å²) in [6, 6.07) is 12.2. The SMILES string of the molecule is COc1ccc2c(OC3CC4C(=O)NC5(C=O)CC5/C=C/CCCCN(C(N)=O)C(=O)N4C3)nc(-c3ccccc3)nc2c1. The largest absolute Gasteiger partial charge is 0.497 e. The van der Waals surface area contributed by atoms with Crippen LogP contribution in [0.2, 0.25) is 0 Å². The van der Waals surface area contributed by atoms with Crippen molar-refractivity contribution in [3.05, 3.63) is 60.7 Å². The first kappa shape index (κ1) is 29.1. The Morgan fingerprint density at radius 3 is 2.70 bits per heavy atom. The molecule has 44 heavy (non-hydrogen) atoms. The minimum atomic E-state index is -1.01. The highest BCUT2D eigenvalue weighted by Crippen LogP contribution is 2.43. The number of primary amides is 1. The van der Waals surface area contributed by atoms with E-state index in [1.165, 1.54) is 4.90 Å². The minimum absolute atomic E-state index is 0.000438. The monoisotopic (exact) mass is 598 g/mol. The molecular formula is C32H34N6O6. The van der Waals surface area contributed by atoms with Gasteiger partial charge in [0.25, 0.3) is 0 Å². The Balaban J connectivity index is 1.34. The smallest absolute Gasteiger partial charge is 0.328 e. The summed E-state index contributed by atoms with van der Waals surface area (Å²) < 4.78 is 11.9. The molecule has 1 aliphatic carbocycles. The van der Waals surface area contributed by atoms with Crippen LogP contribution in [0.4, 0.5) is 9.59 Å². The average Bonchev–Trinajstić information content (AvgIpc) is 3.54. The normalized spacial score (nSPS) is 26.2. The van der Waals surface area contributed by atoms with Crippen LogP contribution < -0.4 is 20.5 Å². The first-order chi connectivity index (χ1) is 21.3. The van der Waals surface area contributed by atoms with Crippen molar-refractivity contribution in [2.24, 2.45) is 11.7 Å². The molecule has 12 heteroatoms. The van der Waals surface area contributed by atoms with E-state index >= 15 is 0 Å². The lowest BCUT2D eigenvalue weighted by molar-refractivity contribution is -0.128. The highest BCUT2D eigenvalue weighted by atomic mass is 16.5. The first-order valence-corrected chi connectivity index (χ1v) is 14.7. The summed E-state index contributed by atoms with van der Waals surface area (Å²) in [7, 11) is 1.57. The molecule has 228 valence electrons. The van der Waals surface area contributed by atoms with E-state index in [9.17, 15) is 19.2 Å². The molecule has 2 aromatic carbocycles. The van der Waals surface area contributed by atoms with Crippen molar-refractivity contribution >= 4 is 35.2 Å². The standard InChI is InChI=1S/C32H34N6O6/c1-43-22-12-13-24-25(15-22)34-27(20-9-5-4-6-10-20)35-29(24)44-23-16-26-28(40)36-32(19-39)17-21(32)11-7-2-3-8-14-37(30(33)41)31(42)38(26)18-23/h4-7,9-13,15,19,21,23,26H,2-3,8,14,16-18H2,1H3,(H2,33,41)(H,36,40)/b11-7+. The van der Waals surface area contributed by atoms with Crippen LogP contribution in [0, 0.1) is 5.92 Å². The Hall–Kier alpha value is -5.00. The summed E-state index contributed by atoms with van der Waals surface area (Å²) >= 11 is 0. The maximum absolute atomic E-state index is 13.7. The fourth-order valence-electron chi connectivity index (χ4n) is 5.93. The molecule has 2 fully saturated rings. The predicted octanol–water partition coefficient (Wildman–Crippen LogP) is 3.44. The second-order valence-corrected chi connectivity index (χ2v) is 11.4. The Morgan fingerprint density at radius 1 is 1.14 bits per heavy atom. The predicted molar refractivity (Wildman–Crippen MR) is 161 cm³/mol. The van der Waals surface area contributed by atoms with Crippen molar-refractivity contribution in [1.29, 1.82) is 0 Å². The molecule has 0 spiro atoms. The highest BCUT2D eigenvalue weighted by molar-refractivity contribution is 5.97. The fraction of sp³-hybridized carbons (Fsp3) is 0.375. The van der Waals surface area contributed by atoms with Crippen LogP contribution >= 0.6 is 0 Å². The molecule has 0 bridgehead atoms. The number of nitrogens with zero attached hydrogens (tertiary/aromatic N) is 4. The molecule has 5 amide bonds. The van der Waals surface area contributed by atoms with Crippen molar-refractivity contribution in [3.8, 4) is 23.0 Å². The van der Waals surface area contributed by atoms with Crippen LogP contribution in [0.5, 0.6) is 11.6 Å². The number of amides is 5. The van der Waals surface area contributed by atoms with Gasteiger partial charge in [0, 0.05) is 30.5 Å². The second-order valence-electron chi connectivity index (χ2n) is 11.4. The van der Waals surface area contributed by atoms with Crippen LogP contribution in [0.15, 0.2) is 60.7 Å². The number of carbonyl (C=O) groups is 4. The van der Waals surface area contributed by atoms with Crippen molar-refractivity contribution in [3.63, 3.8) is 0 Å². The lowest BCUT2D eigenvalue weighted by Crippen LogP contribution is -2.55. The molecule has 3 N–H and O–H groups in total.